The molecule has 1 heterocycles. The van der Waals surface area contributed by atoms with Crippen LogP contribution in [0.15, 0.2) is 65.6 Å². The van der Waals surface area contributed by atoms with Gasteiger partial charge in [0.25, 0.3) is 5.91 Å². The van der Waals surface area contributed by atoms with E-state index in [1.807, 2.05) is 56.3 Å². The van der Waals surface area contributed by atoms with Gasteiger partial charge in [-0.1, -0.05) is 47.7 Å². The van der Waals surface area contributed by atoms with Crippen LogP contribution < -0.4 is 5.32 Å². The molecule has 0 bridgehead atoms. The molecule has 4 rings (SSSR count). The minimum Gasteiger partial charge on any atom is -0.296 e. The number of anilines is 1. The van der Waals surface area contributed by atoms with Gasteiger partial charge in [0.2, 0.25) is 5.13 Å². The summed E-state index contributed by atoms with van der Waals surface area (Å²) in [6.45, 7) is 3.94. The molecular formula is C23H21N3O3S2. The van der Waals surface area contributed by atoms with E-state index in [2.05, 4.69) is 15.5 Å². The second kappa shape index (κ2) is 8.56. The topological polar surface area (TPSA) is 89.0 Å². The predicted molar refractivity (Wildman–Crippen MR) is 123 cm³/mol. The molecule has 0 aliphatic heterocycles. The van der Waals surface area contributed by atoms with Crippen molar-refractivity contribution in [1.29, 1.82) is 0 Å². The highest BCUT2D eigenvalue weighted by atomic mass is 32.2. The second-order valence-corrected chi connectivity index (χ2v) is 10.5. The molecule has 3 aromatic carbocycles. The van der Waals surface area contributed by atoms with Gasteiger partial charge in [-0.2, -0.15) is 0 Å². The summed E-state index contributed by atoms with van der Waals surface area (Å²) >= 11 is 1.18. The van der Waals surface area contributed by atoms with Crippen molar-refractivity contribution in [2.75, 3.05) is 11.1 Å². The molecule has 0 atom stereocenters. The summed E-state index contributed by atoms with van der Waals surface area (Å²) in [7, 11) is -3.46. The van der Waals surface area contributed by atoms with E-state index in [0.29, 0.717) is 20.6 Å². The Hall–Kier alpha value is -3.10. The fraction of sp³-hybridized carbons (Fsp3) is 0.174. The maximum atomic E-state index is 12.8. The summed E-state index contributed by atoms with van der Waals surface area (Å²) < 4.78 is 25.5. The molecule has 158 valence electrons. The van der Waals surface area contributed by atoms with Crippen LogP contribution in [0.5, 0.6) is 0 Å². The van der Waals surface area contributed by atoms with Gasteiger partial charge >= 0.3 is 0 Å². The van der Waals surface area contributed by atoms with Gasteiger partial charge in [0.05, 0.1) is 10.6 Å². The summed E-state index contributed by atoms with van der Waals surface area (Å²) in [5.74, 6) is -0.347. The molecule has 1 aromatic heterocycles. The lowest BCUT2D eigenvalue weighted by atomic mass is 10.1. The summed E-state index contributed by atoms with van der Waals surface area (Å²) in [5.41, 5.74) is 2.69. The van der Waals surface area contributed by atoms with Gasteiger partial charge in [0, 0.05) is 12.0 Å². The number of fused-ring (bicyclic) bond motifs is 1. The molecule has 0 saturated carbocycles. The number of hydrogen-bond donors (Lipinski definition) is 1. The van der Waals surface area contributed by atoms with Gasteiger partial charge in [0.1, 0.15) is 5.01 Å². The van der Waals surface area contributed by atoms with Crippen LogP contribution in [-0.4, -0.2) is 30.3 Å². The van der Waals surface area contributed by atoms with Crippen LogP contribution in [0.3, 0.4) is 0 Å². The average molecular weight is 452 g/mol. The third kappa shape index (κ3) is 4.81. The highest BCUT2D eigenvalue weighted by molar-refractivity contribution is 7.91. The molecule has 0 radical (unpaired) electrons. The van der Waals surface area contributed by atoms with Crippen LogP contribution in [0.2, 0.25) is 0 Å². The van der Waals surface area contributed by atoms with Crippen molar-refractivity contribution in [3.63, 3.8) is 0 Å². The number of nitrogens with zero attached hydrogens (tertiary/aromatic N) is 2. The van der Waals surface area contributed by atoms with Gasteiger partial charge < -0.3 is 0 Å². The third-order valence-corrected chi connectivity index (χ3v) is 7.73. The molecule has 0 spiro atoms. The Morgan fingerprint density at radius 1 is 0.935 bits per heavy atom. The number of nitrogens with one attached hydrogen (secondary N) is 1. The summed E-state index contributed by atoms with van der Waals surface area (Å²) in [4.78, 5) is 12.7. The first kappa shape index (κ1) is 21.1. The Kier molecular flexibility index (Phi) is 5.84. The standard InChI is InChI=1S/C23H21N3O3S2/c1-15-7-8-19(13-16(15)2)22(27)24-23-26-25-21(30-23)11-12-31(28,29)20-10-9-17-5-3-4-6-18(17)14-20/h3-10,13-14H,11-12H2,1-2H3,(H,24,26,27). The maximum Gasteiger partial charge on any atom is 0.257 e. The van der Waals surface area contributed by atoms with E-state index in [0.717, 1.165) is 21.9 Å². The van der Waals surface area contributed by atoms with Crippen LogP contribution in [0, 0.1) is 13.8 Å². The summed E-state index contributed by atoms with van der Waals surface area (Å²) in [6, 6.07) is 18.3. The number of rotatable bonds is 6. The molecule has 0 fully saturated rings. The Morgan fingerprint density at radius 2 is 1.71 bits per heavy atom. The average Bonchev–Trinajstić information content (AvgIpc) is 3.21. The zero-order valence-electron chi connectivity index (χ0n) is 17.1. The number of aryl methyl sites for hydroxylation is 3. The van der Waals surface area contributed by atoms with E-state index < -0.39 is 9.84 Å². The van der Waals surface area contributed by atoms with E-state index >= 15 is 0 Å². The van der Waals surface area contributed by atoms with Crippen LogP contribution in [-0.2, 0) is 16.3 Å². The molecule has 1 N–H and O–H groups in total. The molecule has 1 amide bonds. The summed E-state index contributed by atoms with van der Waals surface area (Å²) in [5, 5.41) is 13.5. The van der Waals surface area contributed by atoms with E-state index in [1.54, 1.807) is 18.2 Å². The first-order valence-corrected chi connectivity index (χ1v) is 12.2. The zero-order chi connectivity index (χ0) is 22.0. The number of amides is 1. The summed E-state index contributed by atoms with van der Waals surface area (Å²) in [6.07, 6.45) is 0.229. The van der Waals surface area contributed by atoms with Crippen molar-refractivity contribution in [1.82, 2.24) is 10.2 Å². The fourth-order valence-corrected chi connectivity index (χ4v) is 5.30. The molecule has 31 heavy (non-hydrogen) atoms. The number of benzene rings is 3. The quantitative estimate of drug-likeness (QED) is 0.464. The molecule has 4 aromatic rings. The lowest BCUT2D eigenvalue weighted by Gasteiger charge is -2.05. The minimum atomic E-state index is -3.46. The number of sulfone groups is 1. The third-order valence-electron chi connectivity index (χ3n) is 5.12. The Morgan fingerprint density at radius 3 is 2.48 bits per heavy atom. The number of aromatic nitrogens is 2. The van der Waals surface area contributed by atoms with Gasteiger partial charge in [-0.15, -0.1) is 10.2 Å². The normalized spacial score (nSPS) is 11.5. The molecule has 0 aliphatic rings. The lowest BCUT2D eigenvalue weighted by molar-refractivity contribution is 0.102. The number of carbonyl (C=O) groups excluding carboxylic acids is 1. The molecule has 8 heteroatoms. The fourth-order valence-electron chi connectivity index (χ4n) is 3.16. The SMILES string of the molecule is Cc1ccc(C(=O)Nc2nnc(CCS(=O)(=O)c3ccc4ccccc4c3)s2)cc1C. The van der Waals surface area contributed by atoms with Gasteiger partial charge in [-0.3, -0.25) is 10.1 Å². The lowest BCUT2D eigenvalue weighted by Crippen LogP contribution is -2.12. The van der Waals surface area contributed by atoms with Crippen LogP contribution in [0.1, 0.15) is 26.5 Å². The molecular weight excluding hydrogens is 430 g/mol. The van der Waals surface area contributed by atoms with Crippen molar-refractivity contribution in [3.8, 4) is 0 Å². The molecule has 6 nitrogen and oxygen atoms in total. The Balaban J connectivity index is 1.42. The molecule has 0 unspecified atom stereocenters. The molecule has 0 aliphatic carbocycles. The van der Waals surface area contributed by atoms with Gasteiger partial charge in [-0.25, -0.2) is 8.42 Å². The van der Waals surface area contributed by atoms with Gasteiger partial charge in [-0.05, 0) is 60.0 Å². The van der Waals surface area contributed by atoms with Crippen molar-refractivity contribution < 1.29 is 13.2 Å². The highest BCUT2D eigenvalue weighted by Gasteiger charge is 2.17. The van der Waals surface area contributed by atoms with Crippen molar-refractivity contribution in [2.45, 2.75) is 25.2 Å². The van der Waals surface area contributed by atoms with E-state index in [1.165, 1.54) is 11.3 Å². The predicted octanol–water partition coefficient (Wildman–Crippen LogP) is 4.58. The second-order valence-electron chi connectivity index (χ2n) is 7.33. The monoisotopic (exact) mass is 451 g/mol. The van der Waals surface area contributed by atoms with Crippen molar-refractivity contribution in [2.24, 2.45) is 0 Å². The first-order chi connectivity index (χ1) is 14.8. The molecule has 0 saturated heterocycles. The van der Waals surface area contributed by atoms with E-state index in [4.69, 9.17) is 0 Å². The Bertz CT molecular complexity index is 1380. The van der Waals surface area contributed by atoms with E-state index in [9.17, 15) is 13.2 Å². The minimum absolute atomic E-state index is 0.0783. The maximum absolute atomic E-state index is 12.8. The van der Waals surface area contributed by atoms with Crippen LogP contribution in [0.4, 0.5) is 5.13 Å². The largest absolute Gasteiger partial charge is 0.296 e. The number of carbonyl (C=O) groups is 1. The number of hydrogen-bond acceptors (Lipinski definition) is 6. The first-order valence-electron chi connectivity index (χ1n) is 9.74. The van der Waals surface area contributed by atoms with Crippen molar-refractivity contribution >= 4 is 43.0 Å². The van der Waals surface area contributed by atoms with Gasteiger partial charge in [0.15, 0.2) is 9.84 Å². The van der Waals surface area contributed by atoms with Crippen LogP contribution in [0.25, 0.3) is 10.8 Å². The zero-order valence-corrected chi connectivity index (χ0v) is 18.8. The van der Waals surface area contributed by atoms with Crippen LogP contribution >= 0.6 is 11.3 Å². The smallest absolute Gasteiger partial charge is 0.257 e. The highest BCUT2D eigenvalue weighted by Crippen LogP contribution is 2.22. The van der Waals surface area contributed by atoms with E-state index in [-0.39, 0.29) is 18.1 Å². The Labute approximate surface area is 184 Å². The van der Waals surface area contributed by atoms with Crippen molar-refractivity contribution in [3.05, 3.63) is 82.4 Å².